The zero-order valence-electron chi connectivity index (χ0n) is 14.6. The molecular weight excluding hydrogens is 334 g/mol. The van der Waals surface area contributed by atoms with Gasteiger partial charge in [0.15, 0.2) is 11.5 Å². The Labute approximate surface area is 156 Å². The third-order valence-corrected chi connectivity index (χ3v) is 4.50. The van der Waals surface area contributed by atoms with E-state index in [0.717, 1.165) is 22.1 Å². The number of hydrogen-bond donors (Lipinski definition) is 1. The summed E-state index contributed by atoms with van der Waals surface area (Å²) in [6.07, 6.45) is 0. The Balaban J connectivity index is 1.65. The van der Waals surface area contributed by atoms with Crippen molar-refractivity contribution < 1.29 is 0 Å². The third kappa shape index (κ3) is 2.89. The number of fused-ring (bicyclic) bond motifs is 3. The summed E-state index contributed by atoms with van der Waals surface area (Å²) in [7, 11) is 0. The van der Waals surface area contributed by atoms with E-state index in [1.807, 2.05) is 72.8 Å². The lowest BCUT2D eigenvalue weighted by molar-refractivity contribution is 0.920. The second kappa shape index (κ2) is 6.53. The van der Waals surface area contributed by atoms with Crippen LogP contribution in [0.4, 0.5) is 5.95 Å². The lowest BCUT2D eigenvalue weighted by Crippen LogP contribution is -2.08. The highest BCUT2D eigenvalue weighted by Crippen LogP contribution is 2.24. The maximum absolute atomic E-state index is 4.80. The second-order valence-corrected chi connectivity index (χ2v) is 6.33. The molecule has 0 spiro atoms. The smallest absolute Gasteiger partial charge is 0.226 e. The van der Waals surface area contributed by atoms with Crippen LogP contribution in [-0.4, -0.2) is 19.6 Å². The van der Waals surface area contributed by atoms with Gasteiger partial charge in [0.1, 0.15) is 0 Å². The van der Waals surface area contributed by atoms with E-state index in [1.54, 1.807) is 4.52 Å². The highest BCUT2D eigenvalue weighted by molar-refractivity contribution is 5.92. The van der Waals surface area contributed by atoms with Crippen LogP contribution in [0.15, 0.2) is 84.9 Å². The summed E-state index contributed by atoms with van der Waals surface area (Å²) in [5.41, 5.74) is 3.87. The SMILES string of the molecule is c1ccc(CNc2nc3ccccc3c3nc(-c4ccccc4)nn23)cc1. The summed E-state index contributed by atoms with van der Waals surface area (Å²) in [6, 6.07) is 28.3. The molecule has 1 N–H and O–H groups in total. The Morgan fingerprint density at radius 3 is 2.26 bits per heavy atom. The number of benzene rings is 3. The van der Waals surface area contributed by atoms with Crippen molar-refractivity contribution in [1.82, 2.24) is 19.6 Å². The molecule has 0 unspecified atom stereocenters. The highest BCUT2D eigenvalue weighted by atomic mass is 15.4. The van der Waals surface area contributed by atoms with Gasteiger partial charge >= 0.3 is 0 Å². The number of anilines is 1. The molecule has 0 saturated heterocycles. The molecule has 0 aliphatic rings. The van der Waals surface area contributed by atoms with E-state index < -0.39 is 0 Å². The van der Waals surface area contributed by atoms with Crippen molar-refractivity contribution in [1.29, 1.82) is 0 Å². The molecule has 0 aliphatic heterocycles. The first-order valence-corrected chi connectivity index (χ1v) is 8.87. The van der Waals surface area contributed by atoms with E-state index in [2.05, 4.69) is 17.4 Å². The summed E-state index contributed by atoms with van der Waals surface area (Å²) in [5, 5.41) is 9.12. The third-order valence-electron chi connectivity index (χ3n) is 4.50. The fourth-order valence-electron chi connectivity index (χ4n) is 3.16. The van der Waals surface area contributed by atoms with Gasteiger partial charge in [-0.2, -0.15) is 4.52 Å². The van der Waals surface area contributed by atoms with Crippen LogP contribution in [0.2, 0.25) is 0 Å². The van der Waals surface area contributed by atoms with Crippen molar-refractivity contribution >= 4 is 22.5 Å². The maximum Gasteiger partial charge on any atom is 0.226 e. The average molecular weight is 351 g/mol. The topological polar surface area (TPSA) is 55.1 Å². The van der Waals surface area contributed by atoms with Crippen LogP contribution >= 0.6 is 0 Å². The molecule has 0 amide bonds. The maximum atomic E-state index is 4.80. The molecule has 130 valence electrons. The molecule has 0 atom stereocenters. The van der Waals surface area contributed by atoms with Crippen molar-refractivity contribution in [2.24, 2.45) is 0 Å². The Morgan fingerprint density at radius 1 is 0.741 bits per heavy atom. The molecule has 0 saturated carbocycles. The molecule has 0 aliphatic carbocycles. The van der Waals surface area contributed by atoms with Gasteiger partial charge in [0.25, 0.3) is 0 Å². The fourth-order valence-corrected chi connectivity index (χ4v) is 3.16. The molecule has 2 heterocycles. The number of para-hydroxylation sites is 1. The quantitative estimate of drug-likeness (QED) is 0.516. The van der Waals surface area contributed by atoms with Gasteiger partial charge in [0.05, 0.1) is 5.52 Å². The molecule has 0 bridgehead atoms. The number of nitrogens with one attached hydrogen (secondary N) is 1. The summed E-state index contributed by atoms with van der Waals surface area (Å²) >= 11 is 0. The monoisotopic (exact) mass is 351 g/mol. The van der Waals surface area contributed by atoms with Crippen LogP contribution in [0, 0.1) is 0 Å². The van der Waals surface area contributed by atoms with Crippen molar-refractivity contribution in [3.05, 3.63) is 90.5 Å². The molecule has 3 aromatic carbocycles. The molecular formula is C22H17N5. The normalized spacial score (nSPS) is 11.1. The van der Waals surface area contributed by atoms with Gasteiger partial charge in [0, 0.05) is 17.5 Å². The minimum Gasteiger partial charge on any atom is -0.350 e. The minimum absolute atomic E-state index is 0.668. The number of aromatic nitrogens is 4. The van der Waals surface area contributed by atoms with E-state index in [1.165, 1.54) is 5.56 Å². The molecule has 0 fully saturated rings. The standard InChI is InChI=1S/C22H17N5/c1-3-9-16(10-4-1)15-23-22-24-19-14-8-7-13-18(19)21-25-20(26-27(21)22)17-11-5-2-6-12-17/h1-14H,15H2,(H,23,24). The lowest BCUT2D eigenvalue weighted by atomic mass is 10.2. The van der Waals surface area contributed by atoms with Gasteiger partial charge in [-0.3, -0.25) is 0 Å². The van der Waals surface area contributed by atoms with Crippen molar-refractivity contribution in [3.8, 4) is 11.4 Å². The lowest BCUT2D eigenvalue weighted by Gasteiger charge is -2.09. The number of nitrogens with zero attached hydrogens (tertiary/aromatic N) is 4. The average Bonchev–Trinajstić information content (AvgIpc) is 3.19. The van der Waals surface area contributed by atoms with Crippen LogP contribution in [-0.2, 0) is 6.54 Å². The summed E-state index contributed by atoms with van der Waals surface area (Å²) in [4.78, 5) is 9.57. The summed E-state index contributed by atoms with van der Waals surface area (Å²) in [6.45, 7) is 0.668. The van der Waals surface area contributed by atoms with Gasteiger partial charge in [-0.25, -0.2) is 9.97 Å². The summed E-state index contributed by atoms with van der Waals surface area (Å²) in [5.74, 6) is 1.37. The number of rotatable bonds is 4. The van der Waals surface area contributed by atoms with Gasteiger partial charge in [0.2, 0.25) is 5.95 Å². The van der Waals surface area contributed by atoms with Crippen LogP contribution in [0.3, 0.4) is 0 Å². The molecule has 5 heteroatoms. The molecule has 0 radical (unpaired) electrons. The van der Waals surface area contributed by atoms with Crippen LogP contribution in [0.5, 0.6) is 0 Å². The van der Waals surface area contributed by atoms with E-state index in [0.29, 0.717) is 18.3 Å². The Bertz CT molecular complexity index is 1210. The van der Waals surface area contributed by atoms with Gasteiger partial charge in [-0.1, -0.05) is 72.8 Å². The Kier molecular flexibility index (Phi) is 3.76. The molecule has 2 aromatic heterocycles. The largest absolute Gasteiger partial charge is 0.350 e. The zero-order valence-corrected chi connectivity index (χ0v) is 14.6. The van der Waals surface area contributed by atoms with Crippen LogP contribution in [0.1, 0.15) is 5.56 Å². The molecule has 5 aromatic rings. The van der Waals surface area contributed by atoms with E-state index in [9.17, 15) is 0 Å². The second-order valence-electron chi connectivity index (χ2n) is 6.33. The van der Waals surface area contributed by atoms with Gasteiger partial charge in [-0.15, -0.1) is 5.10 Å². The van der Waals surface area contributed by atoms with Crippen LogP contribution < -0.4 is 5.32 Å². The first-order chi connectivity index (χ1) is 13.4. The van der Waals surface area contributed by atoms with Gasteiger partial charge in [-0.05, 0) is 17.7 Å². The first-order valence-electron chi connectivity index (χ1n) is 8.87. The molecule has 5 nitrogen and oxygen atoms in total. The van der Waals surface area contributed by atoms with E-state index in [4.69, 9.17) is 15.1 Å². The number of hydrogen-bond acceptors (Lipinski definition) is 4. The first kappa shape index (κ1) is 15.5. The predicted molar refractivity (Wildman–Crippen MR) is 107 cm³/mol. The van der Waals surface area contributed by atoms with Crippen molar-refractivity contribution in [3.63, 3.8) is 0 Å². The highest BCUT2D eigenvalue weighted by Gasteiger charge is 2.14. The molecule has 5 rings (SSSR count). The molecule has 27 heavy (non-hydrogen) atoms. The van der Waals surface area contributed by atoms with Crippen LogP contribution in [0.25, 0.3) is 27.9 Å². The van der Waals surface area contributed by atoms with E-state index in [-0.39, 0.29) is 0 Å². The van der Waals surface area contributed by atoms with E-state index >= 15 is 0 Å². The Morgan fingerprint density at radius 2 is 1.44 bits per heavy atom. The minimum atomic E-state index is 0.668. The fraction of sp³-hybridized carbons (Fsp3) is 0.0455. The van der Waals surface area contributed by atoms with Gasteiger partial charge < -0.3 is 5.32 Å². The summed E-state index contributed by atoms with van der Waals surface area (Å²) < 4.78 is 1.80. The van der Waals surface area contributed by atoms with Crippen molar-refractivity contribution in [2.45, 2.75) is 6.54 Å². The Hall–Kier alpha value is -3.73. The zero-order chi connectivity index (χ0) is 18.1. The predicted octanol–water partition coefficient (Wildman–Crippen LogP) is 4.56. The van der Waals surface area contributed by atoms with Crippen molar-refractivity contribution in [2.75, 3.05) is 5.32 Å².